The molecule has 3 atom stereocenters. The molecule has 0 unspecified atom stereocenters. The molecule has 0 spiro atoms. The summed E-state index contributed by atoms with van der Waals surface area (Å²) in [7, 11) is 0. The molecule has 8 nitrogen and oxygen atoms in total. The lowest BCUT2D eigenvalue weighted by atomic mass is 10.1. The number of carboxylic acids is 1. The number of thiol groups is 1. The van der Waals surface area contributed by atoms with Crippen molar-refractivity contribution in [2.75, 3.05) is 12.3 Å². The quantitative estimate of drug-likeness (QED) is 0.280. The number of hydrogen-bond donors (Lipinski definition) is 6. The molecule has 0 saturated heterocycles. The summed E-state index contributed by atoms with van der Waals surface area (Å²) in [6.45, 7) is 0.784. The van der Waals surface area contributed by atoms with Crippen LogP contribution in [0.3, 0.4) is 0 Å². The molecule has 0 aliphatic heterocycles. The molecule has 9 heteroatoms. The maximum Gasteiger partial charge on any atom is 0.322 e. The lowest BCUT2D eigenvalue weighted by Gasteiger charge is -2.20. The van der Waals surface area contributed by atoms with E-state index in [4.69, 9.17) is 15.9 Å². The molecule has 0 aromatic carbocycles. The van der Waals surface area contributed by atoms with Crippen LogP contribution in [-0.2, 0) is 14.4 Å². The lowest BCUT2D eigenvalue weighted by molar-refractivity contribution is -0.138. The Morgan fingerprint density at radius 2 is 1.89 bits per heavy atom. The second-order valence-electron chi connectivity index (χ2n) is 3.62. The van der Waals surface area contributed by atoms with Gasteiger partial charge in [-0.05, 0) is 6.92 Å². The average molecular weight is 279 g/mol. The van der Waals surface area contributed by atoms with E-state index in [0.717, 1.165) is 0 Å². The van der Waals surface area contributed by atoms with E-state index in [1.807, 2.05) is 0 Å². The molecule has 18 heavy (non-hydrogen) atoms. The van der Waals surface area contributed by atoms with Crippen LogP contribution in [0.4, 0.5) is 0 Å². The van der Waals surface area contributed by atoms with Gasteiger partial charge in [-0.15, -0.1) is 0 Å². The van der Waals surface area contributed by atoms with Crippen LogP contribution in [0.25, 0.3) is 0 Å². The van der Waals surface area contributed by atoms with Gasteiger partial charge in [-0.1, -0.05) is 0 Å². The largest absolute Gasteiger partial charge is 0.480 e. The lowest BCUT2D eigenvalue weighted by Crippen LogP contribution is -2.55. The van der Waals surface area contributed by atoms with Crippen LogP contribution in [0, 0.1) is 0 Å². The predicted molar refractivity (Wildman–Crippen MR) is 66.1 cm³/mol. The topological polar surface area (TPSA) is 142 Å². The predicted octanol–water partition coefficient (Wildman–Crippen LogP) is -2.69. The van der Waals surface area contributed by atoms with Gasteiger partial charge >= 0.3 is 5.97 Å². The van der Waals surface area contributed by atoms with Crippen LogP contribution in [0.2, 0.25) is 0 Å². The van der Waals surface area contributed by atoms with Crippen molar-refractivity contribution in [3.8, 4) is 0 Å². The fraction of sp³-hybridized carbons (Fsp3) is 0.667. The number of hydrogen-bond acceptors (Lipinski definition) is 6. The fourth-order valence-electron chi connectivity index (χ4n) is 0.967. The third-order valence-electron chi connectivity index (χ3n) is 2.05. The highest BCUT2D eigenvalue weighted by Gasteiger charge is 2.25. The van der Waals surface area contributed by atoms with Crippen LogP contribution in [0.15, 0.2) is 0 Å². The van der Waals surface area contributed by atoms with Crippen molar-refractivity contribution in [3.05, 3.63) is 0 Å². The molecule has 0 aromatic heterocycles. The Bertz CT molecular complexity index is 323. The van der Waals surface area contributed by atoms with Crippen molar-refractivity contribution in [2.24, 2.45) is 5.73 Å². The number of carbonyl (C=O) groups excluding carboxylic acids is 2. The minimum atomic E-state index is -1.20. The van der Waals surface area contributed by atoms with Crippen LogP contribution in [0.5, 0.6) is 0 Å². The summed E-state index contributed by atoms with van der Waals surface area (Å²) in [4.78, 5) is 33.2. The van der Waals surface area contributed by atoms with E-state index in [1.54, 1.807) is 0 Å². The molecule has 0 heterocycles. The van der Waals surface area contributed by atoms with Gasteiger partial charge in [0, 0.05) is 5.75 Å². The Morgan fingerprint density at radius 3 is 2.28 bits per heavy atom. The second kappa shape index (κ2) is 7.90. The van der Waals surface area contributed by atoms with E-state index in [9.17, 15) is 14.4 Å². The first kappa shape index (κ1) is 16.7. The zero-order valence-corrected chi connectivity index (χ0v) is 10.7. The Kier molecular flexibility index (Phi) is 7.32. The summed E-state index contributed by atoms with van der Waals surface area (Å²) in [5, 5.41) is 21.9. The first-order chi connectivity index (χ1) is 8.29. The molecular weight excluding hydrogens is 262 g/mol. The van der Waals surface area contributed by atoms with Crippen molar-refractivity contribution in [1.29, 1.82) is 0 Å². The van der Waals surface area contributed by atoms with Gasteiger partial charge in [-0.2, -0.15) is 12.6 Å². The SMILES string of the molecule is C[C@@H](O)[C@H](N)C(=O)N[C@@H](CS)C(=O)NCC(=O)O. The van der Waals surface area contributed by atoms with E-state index in [-0.39, 0.29) is 5.75 Å². The van der Waals surface area contributed by atoms with Crippen LogP contribution < -0.4 is 16.4 Å². The van der Waals surface area contributed by atoms with Gasteiger partial charge < -0.3 is 26.6 Å². The van der Waals surface area contributed by atoms with Crippen LogP contribution in [0.1, 0.15) is 6.92 Å². The highest BCUT2D eigenvalue weighted by atomic mass is 32.1. The minimum absolute atomic E-state index is 0.0241. The van der Waals surface area contributed by atoms with E-state index >= 15 is 0 Å². The summed E-state index contributed by atoms with van der Waals surface area (Å²) in [6.07, 6.45) is -1.06. The number of aliphatic hydroxyl groups is 1. The maximum absolute atomic E-state index is 11.5. The summed E-state index contributed by atoms with van der Waals surface area (Å²) in [5.41, 5.74) is 5.37. The maximum atomic E-state index is 11.5. The van der Waals surface area contributed by atoms with E-state index in [0.29, 0.717) is 0 Å². The van der Waals surface area contributed by atoms with Crippen LogP contribution >= 0.6 is 12.6 Å². The standard InChI is InChI=1S/C9H17N3O5S/c1-4(13)7(10)9(17)12-5(3-18)8(16)11-2-6(14)15/h4-5,7,13,18H,2-3,10H2,1H3,(H,11,16)(H,12,17)(H,14,15)/t4-,5+,7+/m1/s1. The molecule has 0 aliphatic rings. The zero-order valence-electron chi connectivity index (χ0n) is 9.79. The third-order valence-corrected chi connectivity index (χ3v) is 2.42. The highest BCUT2D eigenvalue weighted by molar-refractivity contribution is 7.80. The Morgan fingerprint density at radius 1 is 1.33 bits per heavy atom. The van der Waals surface area contributed by atoms with E-state index in [2.05, 4.69) is 23.3 Å². The molecule has 0 radical (unpaired) electrons. The first-order valence-corrected chi connectivity index (χ1v) is 5.77. The number of nitrogens with one attached hydrogen (secondary N) is 2. The number of aliphatic carboxylic acids is 1. The molecule has 0 saturated carbocycles. The molecule has 0 aliphatic carbocycles. The Hall–Kier alpha value is -1.32. The van der Waals surface area contributed by atoms with Crippen molar-refractivity contribution >= 4 is 30.4 Å². The molecule has 0 bridgehead atoms. The number of nitrogens with two attached hydrogens (primary N) is 1. The summed E-state index contributed by atoms with van der Waals surface area (Å²) < 4.78 is 0. The monoisotopic (exact) mass is 279 g/mol. The van der Waals surface area contributed by atoms with Gasteiger partial charge in [0.2, 0.25) is 11.8 Å². The molecule has 2 amide bonds. The number of carbonyl (C=O) groups is 3. The van der Waals surface area contributed by atoms with Gasteiger partial charge in [0.05, 0.1) is 6.10 Å². The van der Waals surface area contributed by atoms with Crippen molar-refractivity contribution in [2.45, 2.75) is 25.1 Å². The highest BCUT2D eigenvalue weighted by Crippen LogP contribution is 1.93. The molecular formula is C9H17N3O5S. The Labute approximate surface area is 109 Å². The molecule has 0 fully saturated rings. The number of carboxylic acid groups (broad SMARTS) is 1. The smallest absolute Gasteiger partial charge is 0.322 e. The van der Waals surface area contributed by atoms with E-state index in [1.165, 1.54) is 6.92 Å². The minimum Gasteiger partial charge on any atom is -0.480 e. The van der Waals surface area contributed by atoms with Crippen molar-refractivity contribution < 1.29 is 24.6 Å². The van der Waals surface area contributed by atoms with Gasteiger partial charge in [0.25, 0.3) is 0 Å². The van der Waals surface area contributed by atoms with Gasteiger partial charge in [-0.25, -0.2) is 0 Å². The summed E-state index contributed by atoms with van der Waals surface area (Å²) in [5.74, 6) is -2.62. The molecule has 104 valence electrons. The summed E-state index contributed by atoms with van der Waals surface area (Å²) >= 11 is 3.87. The van der Waals surface area contributed by atoms with Gasteiger partial charge in [0.15, 0.2) is 0 Å². The van der Waals surface area contributed by atoms with E-state index < -0.39 is 42.5 Å². The second-order valence-corrected chi connectivity index (χ2v) is 3.99. The number of aliphatic hydroxyl groups excluding tert-OH is 1. The van der Waals surface area contributed by atoms with Crippen LogP contribution in [-0.4, -0.2) is 58.5 Å². The summed E-state index contributed by atoms with van der Waals surface area (Å²) in [6, 6.07) is -2.18. The first-order valence-electron chi connectivity index (χ1n) is 5.14. The van der Waals surface area contributed by atoms with Crippen molar-refractivity contribution in [3.63, 3.8) is 0 Å². The average Bonchev–Trinajstić information content (AvgIpc) is 2.31. The normalized spacial score (nSPS) is 15.3. The molecule has 6 N–H and O–H groups in total. The Balaban J connectivity index is 4.37. The fourth-order valence-corrected chi connectivity index (χ4v) is 1.22. The van der Waals surface area contributed by atoms with Crippen molar-refractivity contribution in [1.82, 2.24) is 10.6 Å². The third kappa shape index (κ3) is 5.84. The van der Waals surface area contributed by atoms with Gasteiger partial charge in [-0.3, -0.25) is 14.4 Å². The number of amides is 2. The zero-order chi connectivity index (χ0) is 14.3. The number of rotatable bonds is 7. The molecule has 0 rings (SSSR count). The van der Waals surface area contributed by atoms with Gasteiger partial charge in [0.1, 0.15) is 18.6 Å². The molecule has 0 aromatic rings.